The number of rotatable bonds is 9. The van der Waals surface area contributed by atoms with E-state index in [4.69, 9.17) is 0 Å². The monoisotopic (exact) mass is 418 g/mol. The fraction of sp³-hybridized carbons (Fsp3) is 0.389. The Hall–Kier alpha value is -2.95. The number of amides is 1. The van der Waals surface area contributed by atoms with E-state index in [1.54, 1.807) is 16.5 Å². The number of benzene rings is 1. The Morgan fingerprint density at radius 1 is 1.14 bits per heavy atom. The summed E-state index contributed by atoms with van der Waals surface area (Å²) in [5, 5.41) is 17.9. The molecule has 154 valence electrons. The van der Waals surface area contributed by atoms with Crippen LogP contribution in [0.1, 0.15) is 32.4 Å². The molecule has 0 aliphatic heterocycles. The molecule has 2 heterocycles. The average Bonchev–Trinajstić information content (AvgIpc) is 3.10. The first-order valence-corrected chi connectivity index (χ1v) is 10.3. The van der Waals surface area contributed by atoms with Crippen LogP contribution in [-0.2, 0) is 4.79 Å². The summed E-state index contributed by atoms with van der Waals surface area (Å²) in [4.78, 5) is 21.1. The van der Waals surface area contributed by atoms with Gasteiger partial charge in [0.25, 0.3) is 5.78 Å². The summed E-state index contributed by atoms with van der Waals surface area (Å²) in [6.45, 7) is 7.11. The molecule has 0 aliphatic carbocycles. The maximum atomic E-state index is 13.0. The lowest BCUT2D eigenvalue weighted by molar-refractivity contribution is -0.119. The lowest BCUT2D eigenvalue weighted by Crippen LogP contribution is -2.28. The van der Waals surface area contributed by atoms with E-state index >= 15 is 0 Å². The summed E-state index contributed by atoms with van der Waals surface area (Å²) in [5.41, 5.74) is 0.830. The van der Waals surface area contributed by atoms with Gasteiger partial charge in [-0.3, -0.25) is 4.79 Å². The zero-order valence-electron chi connectivity index (χ0n) is 16.4. The molecule has 1 unspecified atom stereocenters. The van der Waals surface area contributed by atoms with Crippen LogP contribution < -0.4 is 16.0 Å². The van der Waals surface area contributed by atoms with Gasteiger partial charge in [0.2, 0.25) is 17.8 Å². The number of fused-ring (bicyclic) bond motifs is 1. The van der Waals surface area contributed by atoms with Crippen LogP contribution >= 0.6 is 11.8 Å². The summed E-state index contributed by atoms with van der Waals surface area (Å²) in [5.74, 6) is 1.09. The van der Waals surface area contributed by atoms with Gasteiger partial charge in [-0.15, -0.1) is 10.2 Å². The van der Waals surface area contributed by atoms with Crippen LogP contribution in [-0.4, -0.2) is 49.3 Å². The lowest BCUT2D eigenvalue weighted by atomic mass is 10.1. The third-order valence-electron chi connectivity index (χ3n) is 4.00. The number of nitrogens with one attached hydrogen (secondary N) is 3. The first kappa shape index (κ1) is 20.8. The molecule has 0 saturated heterocycles. The highest BCUT2D eigenvalue weighted by Gasteiger charge is 2.16. The van der Waals surface area contributed by atoms with E-state index in [0.29, 0.717) is 35.9 Å². The van der Waals surface area contributed by atoms with Gasteiger partial charge in [-0.1, -0.05) is 23.9 Å². The van der Waals surface area contributed by atoms with Crippen LogP contribution in [0.2, 0.25) is 0 Å². The van der Waals surface area contributed by atoms with Gasteiger partial charge in [-0.05, 0) is 38.5 Å². The number of aromatic nitrogens is 5. The SMILES string of the molecule is CCNc1nc(NCC)n2c(SCC(=O)NC(C)c3ccc(F)cc3)nnc2n1. The van der Waals surface area contributed by atoms with Crippen LogP contribution in [0, 0.1) is 5.82 Å². The van der Waals surface area contributed by atoms with E-state index in [9.17, 15) is 9.18 Å². The van der Waals surface area contributed by atoms with Crippen molar-refractivity contribution in [2.75, 3.05) is 29.5 Å². The largest absolute Gasteiger partial charge is 0.355 e. The molecule has 1 atom stereocenters. The van der Waals surface area contributed by atoms with Crippen LogP contribution in [0.4, 0.5) is 16.3 Å². The number of anilines is 2. The third kappa shape index (κ3) is 5.11. The second-order valence-electron chi connectivity index (χ2n) is 6.18. The molecule has 3 N–H and O–H groups in total. The standard InChI is InChI=1S/C18H23FN8OS/c1-4-20-15-23-16(21-5-2)27-17(24-15)25-26-18(27)29-10-14(28)22-11(3)12-6-8-13(19)9-7-12/h6-9,11H,4-5,10H2,1-3H3,(H,22,28)(H2,20,21,23,24,25). The van der Waals surface area contributed by atoms with E-state index in [2.05, 4.69) is 36.1 Å². The molecular weight excluding hydrogens is 395 g/mol. The lowest BCUT2D eigenvalue weighted by Gasteiger charge is -2.14. The van der Waals surface area contributed by atoms with Gasteiger partial charge in [-0.2, -0.15) is 9.97 Å². The van der Waals surface area contributed by atoms with E-state index in [1.165, 1.54) is 23.9 Å². The quantitative estimate of drug-likeness (QED) is 0.455. The van der Waals surface area contributed by atoms with Crippen LogP contribution in [0.15, 0.2) is 29.4 Å². The maximum Gasteiger partial charge on any atom is 0.261 e. The summed E-state index contributed by atoms with van der Waals surface area (Å²) in [6.07, 6.45) is 0. The minimum Gasteiger partial charge on any atom is -0.355 e. The van der Waals surface area contributed by atoms with Crippen molar-refractivity contribution in [1.82, 2.24) is 29.9 Å². The summed E-state index contributed by atoms with van der Waals surface area (Å²) < 4.78 is 14.7. The molecule has 3 rings (SSSR count). The Bertz CT molecular complexity index is 978. The van der Waals surface area contributed by atoms with Crippen molar-refractivity contribution in [2.45, 2.75) is 32.0 Å². The number of nitrogens with zero attached hydrogens (tertiary/aromatic N) is 5. The molecule has 0 radical (unpaired) electrons. The molecule has 1 aromatic carbocycles. The van der Waals surface area contributed by atoms with Crippen molar-refractivity contribution in [3.8, 4) is 0 Å². The van der Waals surface area contributed by atoms with Gasteiger partial charge in [-0.25, -0.2) is 8.79 Å². The van der Waals surface area contributed by atoms with Gasteiger partial charge >= 0.3 is 0 Å². The van der Waals surface area contributed by atoms with Gasteiger partial charge < -0.3 is 16.0 Å². The Balaban J connectivity index is 1.69. The maximum absolute atomic E-state index is 13.0. The number of hydrogen-bond acceptors (Lipinski definition) is 8. The van der Waals surface area contributed by atoms with Crippen molar-refractivity contribution in [3.63, 3.8) is 0 Å². The summed E-state index contributed by atoms with van der Waals surface area (Å²) in [6, 6.07) is 5.82. The molecule has 9 nitrogen and oxygen atoms in total. The number of carbonyl (C=O) groups is 1. The fourth-order valence-electron chi connectivity index (χ4n) is 2.65. The molecule has 29 heavy (non-hydrogen) atoms. The smallest absolute Gasteiger partial charge is 0.261 e. The van der Waals surface area contributed by atoms with Crippen molar-refractivity contribution in [2.24, 2.45) is 0 Å². The molecule has 3 aromatic rings. The summed E-state index contributed by atoms with van der Waals surface area (Å²) in [7, 11) is 0. The van der Waals surface area contributed by atoms with Crippen LogP contribution in [0.5, 0.6) is 0 Å². The average molecular weight is 419 g/mol. The van der Waals surface area contributed by atoms with E-state index in [0.717, 1.165) is 5.56 Å². The number of hydrogen-bond donors (Lipinski definition) is 3. The van der Waals surface area contributed by atoms with Crippen LogP contribution in [0.25, 0.3) is 5.78 Å². The molecule has 0 bridgehead atoms. The van der Waals surface area contributed by atoms with Gasteiger partial charge in [0.15, 0.2) is 5.16 Å². The Labute approximate surface area is 171 Å². The molecule has 1 amide bonds. The van der Waals surface area contributed by atoms with E-state index in [1.807, 2.05) is 20.8 Å². The predicted molar refractivity (Wildman–Crippen MR) is 111 cm³/mol. The normalized spacial score (nSPS) is 12.0. The van der Waals surface area contributed by atoms with E-state index in [-0.39, 0.29) is 23.5 Å². The van der Waals surface area contributed by atoms with Gasteiger partial charge in [0.1, 0.15) is 5.82 Å². The molecule has 2 aromatic heterocycles. The van der Waals surface area contributed by atoms with Crippen molar-refractivity contribution in [3.05, 3.63) is 35.6 Å². The van der Waals surface area contributed by atoms with Crippen molar-refractivity contribution in [1.29, 1.82) is 0 Å². The first-order valence-electron chi connectivity index (χ1n) is 9.30. The van der Waals surface area contributed by atoms with Gasteiger partial charge in [0, 0.05) is 13.1 Å². The molecule has 0 spiro atoms. The fourth-order valence-corrected chi connectivity index (χ4v) is 3.38. The molecule has 11 heteroatoms. The molecule has 0 fully saturated rings. The predicted octanol–water partition coefficient (Wildman–Crippen LogP) is 2.49. The molecule has 0 saturated carbocycles. The number of carbonyl (C=O) groups excluding carboxylic acids is 1. The zero-order valence-corrected chi connectivity index (χ0v) is 17.3. The second kappa shape index (κ2) is 9.50. The van der Waals surface area contributed by atoms with Gasteiger partial charge in [0.05, 0.1) is 11.8 Å². The van der Waals surface area contributed by atoms with Crippen molar-refractivity contribution < 1.29 is 9.18 Å². The topological polar surface area (TPSA) is 109 Å². The highest BCUT2D eigenvalue weighted by atomic mass is 32.2. The zero-order chi connectivity index (χ0) is 20.8. The van der Waals surface area contributed by atoms with Crippen molar-refractivity contribution >= 4 is 35.3 Å². The van der Waals surface area contributed by atoms with E-state index < -0.39 is 0 Å². The minimum atomic E-state index is -0.308. The Morgan fingerprint density at radius 2 is 1.86 bits per heavy atom. The Kier molecular flexibility index (Phi) is 6.81. The third-order valence-corrected chi connectivity index (χ3v) is 4.92. The first-order chi connectivity index (χ1) is 14.0. The number of halogens is 1. The highest BCUT2D eigenvalue weighted by Crippen LogP contribution is 2.21. The Morgan fingerprint density at radius 3 is 2.55 bits per heavy atom. The molecular formula is C18H23FN8OS. The minimum absolute atomic E-state index is 0.146. The second-order valence-corrected chi connectivity index (χ2v) is 7.12. The molecule has 0 aliphatic rings. The summed E-state index contributed by atoms with van der Waals surface area (Å²) >= 11 is 1.24. The highest BCUT2D eigenvalue weighted by molar-refractivity contribution is 7.99. The number of thioether (sulfide) groups is 1. The van der Waals surface area contributed by atoms with Crippen LogP contribution in [0.3, 0.4) is 0 Å².